The molecule has 4 aromatic rings. The highest BCUT2D eigenvalue weighted by Gasteiger charge is 2.29. The number of halogens is 1. The lowest BCUT2D eigenvalue weighted by Gasteiger charge is -2.34. The molecule has 0 radical (unpaired) electrons. The Morgan fingerprint density at radius 2 is 2.10 bits per heavy atom. The second kappa shape index (κ2) is 7.17. The van der Waals surface area contributed by atoms with Crippen molar-refractivity contribution in [2.24, 2.45) is 0 Å². The summed E-state index contributed by atoms with van der Waals surface area (Å²) in [6.45, 7) is 1.51. The first kappa shape index (κ1) is 18.1. The number of aromatic nitrogens is 2. The number of piperazine rings is 1. The molecule has 4 heterocycles. The topological polar surface area (TPSA) is 69.3 Å². The Bertz CT molecular complexity index is 1250. The van der Waals surface area contributed by atoms with Crippen LogP contribution in [0.3, 0.4) is 0 Å². The number of hydrogen-bond donors (Lipinski definition) is 1. The average Bonchev–Trinajstić information content (AvgIpc) is 3.35. The van der Waals surface area contributed by atoms with Gasteiger partial charge in [0.05, 0.1) is 17.1 Å². The molecule has 1 aliphatic heterocycles. The van der Waals surface area contributed by atoms with E-state index >= 15 is 0 Å². The van der Waals surface area contributed by atoms with E-state index < -0.39 is 0 Å². The fourth-order valence-electron chi connectivity index (χ4n) is 3.67. The first-order valence-electron chi connectivity index (χ1n) is 9.25. The van der Waals surface area contributed by atoms with Crippen molar-refractivity contribution in [3.8, 4) is 0 Å². The van der Waals surface area contributed by atoms with Crippen LogP contribution in [0.5, 0.6) is 0 Å². The third kappa shape index (κ3) is 3.36. The number of rotatable bonds is 3. The van der Waals surface area contributed by atoms with Crippen LogP contribution in [-0.4, -0.2) is 51.2 Å². The SMILES string of the molecule is O=C1CN(C(=O)c2cc3ccc(Cl)cc3s2)CCN1Cc1nccc2[nH]ccc12. The highest BCUT2D eigenvalue weighted by Crippen LogP contribution is 2.29. The molecule has 0 saturated carbocycles. The molecule has 146 valence electrons. The van der Waals surface area contributed by atoms with Crippen LogP contribution >= 0.6 is 22.9 Å². The molecule has 29 heavy (non-hydrogen) atoms. The number of carbonyl (C=O) groups is 2. The fourth-order valence-corrected chi connectivity index (χ4v) is 4.97. The van der Waals surface area contributed by atoms with Crippen molar-refractivity contribution < 1.29 is 9.59 Å². The Morgan fingerprint density at radius 1 is 1.21 bits per heavy atom. The number of nitrogens with zero attached hydrogens (tertiary/aromatic N) is 3. The normalized spacial score (nSPS) is 14.9. The molecule has 0 spiro atoms. The maximum absolute atomic E-state index is 12.9. The number of thiophene rings is 1. The van der Waals surface area contributed by atoms with Gasteiger partial charge in [0.25, 0.3) is 5.91 Å². The van der Waals surface area contributed by atoms with E-state index in [1.165, 1.54) is 11.3 Å². The second-order valence-electron chi connectivity index (χ2n) is 7.03. The van der Waals surface area contributed by atoms with Gasteiger partial charge in [-0.1, -0.05) is 17.7 Å². The van der Waals surface area contributed by atoms with Gasteiger partial charge in [-0.25, -0.2) is 0 Å². The maximum atomic E-state index is 12.9. The molecule has 1 saturated heterocycles. The number of benzene rings is 1. The summed E-state index contributed by atoms with van der Waals surface area (Å²) in [7, 11) is 0. The van der Waals surface area contributed by atoms with Crippen molar-refractivity contribution >= 4 is 55.7 Å². The Kier molecular flexibility index (Phi) is 4.49. The zero-order chi connectivity index (χ0) is 20.0. The van der Waals surface area contributed by atoms with Crippen LogP contribution in [-0.2, 0) is 11.3 Å². The summed E-state index contributed by atoms with van der Waals surface area (Å²) in [4.78, 5) is 37.3. The van der Waals surface area contributed by atoms with E-state index in [2.05, 4.69) is 9.97 Å². The summed E-state index contributed by atoms with van der Waals surface area (Å²) in [6, 6.07) is 11.3. The van der Waals surface area contributed by atoms with Gasteiger partial charge in [-0.2, -0.15) is 0 Å². The number of aromatic amines is 1. The minimum absolute atomic E-state index is 0.0666. The molecule has 1 aliphatic rings. The Balaban J connectivity index is 1.30. The molecule has 3 aromatic heterocycles. The summed E-state index contributed by atoms with van der Waals surface area (Å²) in [5.74, 6) is -0.177. The predicted molar refractivity (Wildman–Crippen MR) is 114 cm³/mol. The van der Waals surface area contributed by atoms with Crippen LogP contribution in [0.2, 0.25) is 5.02 Å². The van der Waals surface area contributed by atoms with E-state index in [-0.39, 0.29) is 18.4 Å². The summed E-state index contributed by atoms with van der Waals surface area (Å²) in [6.07, 6.45) is 3.61. The molecule has 0 atom stereocenters. The standard InChI is InChI=1S/C21H17ClN4O2S/c22-14-2-1-13-9-19(29-18(13)10-14)21(28)26-8-7-25(20(27)12-26)11-17-15-3-5-23-16(15)4-6-24-17/h1-6,9-10,23H,7-8,11-12H2. The van der Waals surface area contributed by atoms with Crippen molar-refractivity contribution in [3.63, 3.8) is 0 Å². The number of H-pyrrole nitrogens is 1. The van der Waals surface area contributed by atoms with E-state index in [1.54, 1.807) is 16.0 Å². The summed E-state index contributed by atoms with van der Waals surface area (Å²) < 4.78 is 0.969. The van der Waals surface area contributed by atoms with Crippen LogP contribution < -0.4 is 0 Å². The highest BCUT2D eigenvalue weighted by atomic mass is 35.5. The number of fused-ring (bicyclic) bond motifs is 2. The molecule has 1 fully saturated rings. The van der Waals surface area contributed by atoms with Gasteiger partial charge in [-0.15, -0.1) is 11.3 Å². The summed E-state index contributed by atoms with van der Waals surface area (Å²) in [5.41, 5.74) is 1.86. The molecule has 0 unspecified atom stereocenters. The van der Waals surface area contributed by atoms with Gasteiger partial charge in [0.1, 0.15) is 6.54 Å². The molecular weight excluding hydrogens is 408 g/mol. The quantitative estimate of drug-likeness (QED) is 0.542. The van der Waals surface area contributed by atoms with E-state index in [1.807, 2.05) is 42.6 Å². The van der Waals surface area contributed by atoms with E-state index in [0.29, 0.717) is 29.5 Å². The average molecular weight is 425 g/mol. The first-order chi connectivity index (χ1) is 14.1. The number of carbonyl (C=O) groups excluding carboxylic acids is 2. The lowest BCUT2D eigenvalue weighted by molar-refractivity contribution is -0.135. The van der Waals surface area contributed by atoms with Crippen molar-refractivity contribution in [2.45, 2.75) is 6.54 Å². The van der Waals surface area contributed by atoms with Crippen LogP contribution in [0.1, 0.15) is 15.4 Å². The zero-order valence-electron chi connectivity index (χ0n) is 15.4. The van der Waals surface area contributed by atoms with E-state index in [0.717, 1.165) is 26.7 Å². The molecule has 1 N–H and O–H groups in total. The number of pyridine rings is 1. The lowest BCUT2D eigenvalue weighted by atomic mass is 10.2. The number of nitrogens with one attached hydrogen (secondary N) is 1. The second-order valence-corrected chi connectivity index (χ2v) is 8.55. The first-order valence-corrected chi connectivity index (χ1v) is 10.4. The van der Waals surface area contributed by atoms with Crippen LogP contribution in [0.25, 0.3) is 21.0 Å². The Labute approximate surface area is 175 Å². The van der Waals surface area contributed by atoms with Crippen molar-refractivity contribution in [2.75, 3.05) is 19.6 Å². The van der Waals surface area contributed by atoms with E-state index in [9.17, 15) is 9.59 Å². The molecule has 6 nitrogen and oxygen atoms in total. The predicted octanol–water partition coefficient (Wildman–Crippen LogP) is 3.92. The van der Waals surface area contributed by atoms with Crippen LogP contribution in [0.15, 0.2) is 48.8 Å². The van der Waals surface area contributed by atoms with Gasteiger partial charge in [-0.05, 0) is 35.7 Å². The Morgan fingerprint density at radius 3 is 2.97 bits per heavy atom. The van der Waals surface area contributed by atoms with Gasteiger partial charge in [0.15, 0.2) is 0 Å². The van der Waals surface area contributed by atoms with Gasteiger partial charge >= 0.3 is 0 Å². The zero-order valence-corrected chi connectivity index (χ0v) is 17.0. The van der Waals surface area contributed by atoms with Crippen LogP contribution in [0, 0.1) is 0 Å². The highest BCUT2D eigenvalue weighted by molar-refractivity contribution is 7.20. The van der Waals surface area contributed by atoms with Gasteiger partial charge in [0, 0.05) is 46.1 Å². The van der Waals surface area contributed by atoms with Gasteiger partial charge < -0.3 is 14.8 Å². The van der Waals surface area contributed by atoms with Gasteiger partial charge in [0.2, 0.25) is 5.91 Å². The van der Waals surface area contributed by atoms with Gasteiger partial charge in [-0.3, -0.25) is 14.6 Å². The summed E-state index contributed by atoms with van der Waals surface area (Å²) >= 11 is 7.45. The molecule has 2 amide bonds. The number of amides is 2. The van der Waals surface area contributed by atoms with Crippen LogP contribution in [0.4, 0.5) is 0 Å². The molecule has 0 aliphatic carbocycles. The summed E-state index contributed by atoms with van der Waals surface area (Å²) in [5, 5.41) is 2.65. The molecule has 8 heteroatoms. The number of hydrogen-bond acceptors (Lipinski definition) is 4. The third-order valence-corrected chi connectivity index (χ3v) is 6.52. The fraction of sp³-hybridized carbons (Fsp3) is 0.190. The molecular formula is C21H17ClN4O2S. The molecule has 1 aromatic carbocycles. The minimum atomic E-state index is -0.110. The largest absolute Gasteiger partial charge is 0.361 e. The van der Waals surface area contributed by atoms with E-state index in [4.69, 9.17) is 11.6 Å². The monoisotopic (exact) mass is 424 g/mol. The Hall–Kier alpha value is -2.90. The molecule has 5 rings (SSSR count). The van der Waals surface area contributed by atoms with Crippen molar-refractivity contribution in [3.05, 3.63) is 64.4 Å². The van der Waals surface area contributed by atoms with Crippen molar-refractivity contribution in [1.29, 1.82) is 0 Å². The van der Waals surface area contributed by atoms with Crippen molar-refractivity contribution in [1.82, 2.24) is 19.8 Å². The lowest BCUT2D eigenvalue weighted by Crippen LogP contribution is -2.51. The third-order valence-electron chi connectivity index (χ3n) is 5.20. The molecule has 0 bridgehead atoms. The smallest absolute Gasteiger partial charge is 0.264 e. The maximum Gasteiger partial charge on any atom is 0.264 e. The minimum Gasteiger partial charge on any atom is -0.361 e.